The van der Waals surface area contributed by atoms with Gasteiger partial charge in [-0.2, -0.15) is 0 Å². The van der Waals surface area contributed by atoms with Crippen molar-refractivity contribution in [3.63, 3.8) is 0 Å². The standard InChI is InChI=1S/C18H15ClFN3O2S2/c1-25-14-5-3-2-4-10(14)9-22-17(24)15-16(21)23(18(26)27-15)11-6-7-13(20)12(19)8-11/h2-8H,9,21H2,1H3,(H,22,24). The zero-order chi connectivity index (χ0) is 19.6. The second-order valence-electron chi connectivity index (χ2n) is 5.51. The van der Waals surface area contributed by atoms with Crippen LogP contribution in [0.25, 0.3) is 5.69 Å². The SMILES string of the molecule is COc1ccccc1CNC(=O)c1sc(=S)n(-c2ccc(F)c(Cl)c2)c1N. The first-order valence-electron chi connectivity index (χ1n) is 7.79. The summed E-state index contributed by atoms with van der Waals surface area (Å²) in [5, 5.41) is 2.76. The molecular weight excluding hydrogens is 409 g/mol. The second kappa shape index (κ2) is 8.08. The van der Waals surface area contributed by atoms with E-state index < -0.39 is 5.82 Å². The molecule has 0 bridgehead atoms. The van der Waals surface area contributed by atoms with Crippen molar-refractivity contribution in [1.82, 2.24) is 9.88 Å². The molecule has 1 amide bonds. The van der Waals surface area contributed by atoms with E-state index >= 15 is 0 Å². The zero-order valence-corrected chi connectivity index (χ0v) is 16.6. The maximum Gasteiger partial charge on any atom is 0.265 e. The summed E-state index contributed by atoms with van der Waals surface area (Å²) in [7, 11) is 1.57. The van der Waals surface area contributed by atoms with Crippen LogP contribution in [0.3, 0.4) is 0 Å². The van der Waals surface area contributed by atoms with Crippen LogP contribution in [0.15, 0.2) is 42.5 Å². The van der Waals surface area contributed by atoms with Gasteiger partial charge in [-0.05, 0) is 36.5 Å². The van der Waals surface area contributed by atoms with Gasteiger partial charge in [0.15, 0.2) is 3.95 Å². The highest BCUT2D eigenvalue weighted by molar-refractivity contribution is 7.73. The predicted octanol–water partition coefficient (Wildman–Crippen LogP) is 4.58. The van der Waals surface area contributed by atoms with Crippen molar-refractivity contribution in [3.8, 4) is 11.4 Å². The van der Waals surface area contributed by atoms with Crippen LogP contribution in [0, 0.1) is 9.77 Å². The number of nitrogens with two attached hydrogens (primary N) is 1. The fourth-order valence-electron chi connectivity index (χ4n) is 2.52. The molecule has 3 aromatic rings. The molecule has 27 heavy (non-hydrogen) atoms. The number of rotatable bonds is 5. The Kier molecular flexibility index (Phi) is 5.79. The van der Waals surface area contributed by atoms with Gasteiger partial charge in [0, 0.05) is 12.1 Å². The van der Waals surface area contributed by atoms with Crippen molar-refractivity contribution in [2.75, 3.05) is 12.8 Å². The van der Waals surface area contributed by atoms with E-state index in [9.17, 15) is 9.18 Å². The van der Waals surface area contributed by atoms with E-state index in [0.717, 1.165) is 16.9 Å². The minimum Gasteiger partial charge on any atom is -0.496 e. The molecule has 0 spiro atoms. The van der Waals surface area contributed by atoms with E-state index in [0.29, 0.717) is 15.4 Å². The van der Waals surface area contributed by atoms with Crippen molar-refractivity contribution in [3.05, 3.63) is 67.7 Å². The number of hydrogen-bond acceptors (Lipinski definition) is 5. The number of thiazole rings is 1. The lowest BCUT2D eigenvalue weighted by atomic mass is 10.2. The number of aromatic nitrogens is 1. The number of halogens is 2. The molecule has 140 valence electrons. The molecule has 0 aliphatic carbocycles. The molecular formula is C18H15ClFN3O2S2. The van der Waals surface area contributed by atoms with Crippen LogP contribution in [0.2, 0.25) is 5.02 Å². The summed E-state index contributed by atoms with van der Waals surface area (Å²) in [5.74, 6) is -0.0564. The molecule has 1 heterocycles. The van der Waals surface area contributed by atoms with Gasteiger partial charge < -0.3 is 15.8 Å². The van der Waals surface area contributed by atoms with Gasteiger partial charge in [0.2, 0.25) is 0 Å². The van der Waals surface area contributed by atoms with Gasteiger partial charge >= 0.3 is 0 Å². The Hall–Kier alpha value is -2.42. The van der Waals surface area contributed by atoms with E-state index in [1.165, 1.54) is 22.8 Å². The fourth-order valence-corrected chi connectivity index (χ4v) is 3.98. The highest BCUT2D eigenvalue weighted by atomic mass is 35.5. The summed E-state index contributed by atoms with van der Waals surface area (Å²) in [6, 6.07) is 11.5. The molecule has 0 aliphatic heterocycles. The molecule has 3 rings (SSSR count). The molecule has 0 saturated heterocycles. The average molecular weight is 424 g/mol. The first-order valence-corrected chi connectivity index (χ1v) is 9.39. The highest BCUT2D eigenvalue weighted by Crippen LogP contribution is 2.28. The molecule has 5 nitrogen and oxygen atoms in total. The number of hydrogen-bond donors (Lipinski definition) is 2. The maximum absolute atomic E-state index is 13.4. The number of benzene rings is 2. The van der Waals surface area contributed by atoms with Crippen molar-refractivity contribution in [2.45, 2.75) is 6.54 Å². The summed E-state index contributed by atoms with van der Waals surface area (Å²) < 4.78 is 20.5. The van der Waals surface area contributed by atoms with Crippen molar-refractivity contribution >= 4 is 46.9 Å². The summed E-state index contributed by atoms with van der Waals surface area (Å²) >= 11 is 12.2. The quantitative estimate of drug-likeness (QED) is 0.589. The third-order valence-corrected chi connectivity index (χ3v) is 5.52. The molecule has 9 heteroatoms. The fraction of sp³-hybridized carbons (Fsp3) is 0.111. The van der Waals surface area contributed by atoms with Crippen molar-refractivity contribution in [2.24, 2.45) is 0 Å². The smallest absolute Gasteiger partial charge is 0.265 e. The number of amides is 1. The Morgan fingerprint density at radius 2 is 2.11 bits per heavy atom. The number of nitrogens with one attached hydrogen (secondary N) is 1. The van der Waals surface area contributed by atoms with E-state index in [1.54, 1.807) is 7.11 Å². The van der Waals surface area contributed by atoms with Crippen LogP contribution in [0.1, 0.15) is 15.2 Å². The maximum atomic E-state index is 13.4. The number of carbonyl (C=O) groups is 1. The lowest BCUT2D eigenvalue weighted by Gasteiger charge is -2.10. The second-order valence-corrected chi connectivity index (χ2v) is 7.56. The summed E-state index contributed by atoms with van der Waals surface area (Å²) in [5.41, 5.74) is 7.46. The number of ether oxygens (including phenoxy) is 1. The molecule has 0 atom stereocenters. The van der Waals surface area contributed by atoms with E-state index in [4.69, 9.17) is 34.3 Å². The van der Waals surface area contributed by atoms with Crippen LogP contribution in [-0.4, -0.2) is 17.6 Å². The Morgan fingerprint density at radius 3 is 2.81 bits per heavy atom. The Labute approximate surface area is 169 Å². The molecule has 3 N–H and O–H groups in total. The zero-order valence-electron chi connectivity index (χ0n) is 14.2. The van der Waals surface area contributed by atoms with E-state index in [-0.39, 0.29) is 28.2 Å². The van der Waals surface area contributed by atoms with Crippen LogP contribution in [0.4, 0.5) is 10.2 Å². The average Bonchev–Trinajstić information content (AvgIpc) is 2.96. The number of carbonyl (C=O) groups excluding carboxylic acids is 1. The van der Waals surface area contributed by atoms with E-state index in [1.807, 2.05) is 24.3 Å². The van der Waals surface area contributed by atoms with Gasteiger partial charge in [-0.25, -0.2) is 4.39 Å². The van der Waals surface area contributed by atoms with Gasteiger partial charge in [0.1, 0.15) is 22.3 Å². The number of anilines is 1. The summed E-state index contributed by atoms with van der Waals surface area (Å²) in [6.07, 6.45) is 0. The van der Waals surface area contributed by atoms with Gasteiger partial charge in [0.05, 0.1) is 17.8 Å². The molecule has 0 aliphatic rings. The first kappa shape index (κ1) is 19.3. The molecule has 1 aromatic heterocycles. The van der Waals surface area contributed by atoms with Crippen molar-refractivity contribution < 1.29 is 13.9 Å². The Morgan fingerprint density at radius 1 is 1.37 bits per heavy atom. The molecule has 0 fully saturated rings. The van der Waals surface area contributed by atoms with Crippen LogP contribution >= 0.6 is 35.2 Å². The first-order chi connectivity index (χ1) is 12.9. The van der Waals surface area contributed by atoms with Crippen LogP contribution < -0.4 is 15.8 Å². The normalized spacial score (nSPS) is 10.6. The molecule has 0 unspecified atom stereocenters. The van der Waals surface area contributed by atoms with Crippen molar-refractivity contribution in [1.29, 1.82) is 0 Å². The van der Waals surface area contributed by atoms with Gasteiger partial charge in [0.25, 0.3) is 5.91 Å². The number of para-hydroxylation sites is 1. The predicted molar refractivity (Wildman–Crippen MR) is 108 cm³/mol. The highest BCUT2D eigenvalue weighted by Gasteiger charge is 2.19. The minimum absolute atomic E-state index is 0.0535. The lowest BCUT2D eigenvalue weighted by molar-refractivity contribution is 0.0955. The number of methoxy groups -OCH3 is 1. The number of nitrogens with zero attached hydrogens (tertiary/aromatic N) is 1. The van der Waals surface area contributed by atoms with Crippen LogP contribution in [-0.2, 0) is 6.54 Å². The minimum atomic E-state index is -0.546. The lowest BCUT2D eigenvalue weighted by Crippen LogP contribution is -2.23. The number of nitrogen functional groups attached to an aromatic ring is 1. The third kappa shape index (κ3) is 3.97. The van der Waals surface area contributed by atoms with Crippen LogP contribution in [0.5, 0.6) is 5.75 Å². The third-order valence-electron chi connectivity index (χ3n) is 3.85. The Bertz CT molecular complexity index is 1070. The monoisotopic (exact) mass is 423 g/mol. The van der Waals surface area contributed by atoms with Gasteiger partial charge in [-0.1, -0.05) is 41.1 Å². The Balaban J connectivity index is 1.86. The molecule has 2 aromatic carbocycles. The summed E-state index contributed by atoms with van der Waals surface area (Å²) in [6.45, 7) is 0.273. The largest absolute Gasteiger partial charge is 0.496 e. The topological polar surface area (TPSA) is 69.3 Å². The van der Waals surface area contributed by atoms with Gasteiger partial charge in [-0.15, -0.1) is 0 Å². The van der Waals surface area contributed by atoms with Gasteiger partial charge in [-0.3, -0.25) is 9.36 Å². The van der Waals surface area contributed by atoms with E-state index in [2.05, 4.69) is 5.32 Å². The summed E-state index contributed by atoms with van der Waals surface area (Å²) in [4.78, 5) is 12.9. The molecule has 0 radical (unpaired) electrons. The molecule has 0 saturated carbocycles.